The number of carboxylic acids is 1. The Labute approximate surface area is 120 Å². The number of aromatic carboxylic acids is 1. The van der Waals surface area contributed by atoms with E-state index in [-0.39, 0.29) is 17.9 Å². The first-order valence-corrected chi connectivity index (χ1v) is 8.75. The number of nitrogens with zero attached hydrogens (tertiary/aromatic N) is 2. The number of aromatic nitrogens is 2. The second kappa shape index (κ2) is 5.37. The fourth-order valence-corrected chi connectivity index (χ4v) is 3.18. The highest BCUT2D eigenvalue weighted by molar-refractivity contribution is 7.90. The summed E-state index contributed by atoms with van der Waals surface area (Å²) >= 11 is 1.41. The van der Waals surface area contributed by atoms with Crippen LogP contribution in [0.5, 0.6) is 0 Å². The molecule has 0 atom stereocenters. The second-order valence-corrected chi connectivity index (χ2v) is 7.70. The monoisotopic (exact) mass is 314 g/mol. The number of rotatable bonds is 5. The van der Waals surface area contributed by atoms with Crippen LogP contribution in [0.1, 0.15) is 15.9 Å². The van der Waals surface area contributed by atoms with Crippen LogP contribution in [0.2, 0.25) is 0 Å². The molecule has 1 N–H and O–H groups in total. The molecule has 0 fully saturated rings. The summed E-state index contributed by atoms with van der Waals surface area (Å²) in [5.41, 5.74) is 1.42. The molecule has 8 heteroatoms. The Morgan fingerprint density at radius 2 is 2.20 bits per heavy atom. The molecule has 20 heavy (non-hydrogen) atoms. The SMILES string of the molecule is Cc1ccsc1-c1nn(CCS(C)(=O)=O)cc1C(=O)O. The number of thiophene rings is 1. The molecule has 0 unspecified atom stereocenters. The maximum absolute atomic E-state index is 11.3. The maximum atomic E-state index is 11.3. The minimum absolute atomic E-state index is 0.0728. The van der Waals surface area contributed by atoms with Gasteiger partial charge in [0.25, 0.3) is 0 Å². The van der Waals surface area contributed by atoms with Crippen molar-refractivity contribution in [1.82, 2.24) is 9.78 Å². The Morgan fingerprint density at radius 1 is 1.50 bits per heavy atom. The van der Waals surface area contributed by atoms with Crippen LogP contribution in [0.15, 0.2) is 17.6 Å². The smallest absolute Gasteiger partial charge is 0.339 e. The van der Waals surface area contributed by atoms with Crippen LogP contribution >= 0.6 is 11.3 Å². The molecule has 6 nitrogen and oxygen atoms in total. The number of hydrogen-bond donors (Lipinski definition) is 1. The van der Waals surface area contributed by atoms with Crippen molar-refractivity contribution in [2.24, 2.45) is 0 Å². The highest BCUT2D eigenvalue weighted by Crippen LogP contribution is 2.30. The van der Waals surface area contributed by atoms with Crippen LogP contribution in [-0.4, -0.2) is 41.3 Å². The Bertz CT molecular complexity index is 743. The van der Waals surface area contributed by atoms with Gasteiger partial charge in [0.1, 0.15) is 21.1 Å². The van der Waals surface area contributed by atoms with Crippen LogP contribution < -0.4 is 0 Å². The number of carbonyl (C=O) groups is 1. The summed E-state index contributed by atoms with van der Waals surface area (Å²) in [6.45, 7) is 2.02. The largest absolute Gasteiger partial charge is 0.478 e. The molecule has 0 spiro atoms. The average Bonchev–Trinajstić information content (AvgIpc) is 2.91. The standard InChI is InChI=1S/C12H14N2O4S2/c1-8-3-5-19-11(8)10-9(12(15)16)7-14(13-10)4-6-20(2,17)18/h3,5,7H,4,6H2,1-2H3,(H,15,16). The zero-order valence-electron chi connectivity index (χ0n) is 11.0. The second-order valence-electron chi connectivity index (χ2n) is 4.52. The van der Waals surface area contributed by atoms with E-state index in [9.17, 15) is 18.3 Å². The molecule has 0 aliphatic rings. The van der Waals surface area contributed by atoms with Crippen molar-refractivity contribution >= 4 is 27.1 Å². The number of sulfone groups is 1. The lowest BCUT2D eigenvalue weighted by Crippen LogP contribution is -2.11. The molecule has 0 saturated heterocycles. The summed E-state index contributed by atoms with van der Waals surface area (Å²) in [5, 5.41) is 15.3. The molecule has 0 aliphatic carbocycles. The average molecular weight is 314 g/mol. The van der Waals surface area contributed by atoms with Crippen molar-refractivity contribution < 1.29 is 18.3 Å². The van der Waals surface area contributed by atoms with Crippen LogP contribution in [0.3, 0.4) is 0 Å². The predicted octanol–water partition coefficient (Wildman–Crippen LogP) is 1.66. The summed E-state index contributed by atoms with van der Waals surface area (Å²) in [7, 11) is -3.11. The van der Waals surface area contributed by atoms with Crippen LogP contribution in [-0.2, 0) is 16.4 Å². The first kappa shape index (κ1) is 14.7. The molecule has 0 bridgehead atoms. The van der Waals surface area contributed by atoms with Gasteiger partial charge >= 0.3 is 5.97 Å². The molecule has 0 saturated carbocycles. The van der Waals surface area contributed by atoms with Crippen LogP contribution in [0.25, 0.3) is 10.6 Å². The Balaban J connectivity index is 2.39. The summed E-state index contributed by atoms with van der Waals surface area (Å²) in [6.07, 6.45) is 2.51. The van der Waals surface area contributed by atoms with Gasteiger partial charge in [-0.3, -0.25) is 4.68 Å². The Hall–Kier alpha value is -1.67. The summed E-state index contributed by atoms with van der Waals surface area (Å²) in [5.74, 6) is -1.14. The third kappa shape index (κ3) is 3.26. The quantitative estimate of drug-likeness (QED) is 0.906. The molecule has 0 aliphatic heterocycles. The van der Waals surface area contributed by atoms with E-state index < -0.39 is 15.8 Å². The van der Waals surface area contributed by atoms with Crippen molar-refractivity contribution in [3.05, 3.63) is 28.8 Å². The molecule has 108 valence electrons. The number of carboxylic acid groups (broad SMARTS) is 1. The van der Waals surface area contributed by atoms with Gasteiger partial charge in [-0.25, -0.2) is 13.2 Å². The molecular formula is C12H14N2O4S2. The molecular weight excluding hydrogens is 300 g/mol. The van der Waals surface area contributed by atoms with Crippen LogP contribution in [0.4, 0.5) is 0 Å². The van der Waals surface area contributed by atoms with E-state index >= 15 is 0 Å². The van der Waals surface area contributed by atoms with Gasteiger partial charge in [-0.2, -0.15) is 5.10 Å². The van der Waals surface area contributed by atoms with Crippen molar-refractivity contribution in [2.75, 3.05) is 12.0 Å². The zero-order chi connectivity index (χ0) is 14.9. The molecule has 0 radical (unpaired) electrons. The van der Waals surface area contributed by atoms with Gasteiger partial charge in [0, 0.05) is 12.5 Å². The molecule has 2 heterocycles. The zero-order valence-corrected chi connectivity index (χ0v) is 12.7. The molecule has 0 amide bonds. The van der Waals surface area contributed by atoms with E-state index in [1.165, 1.54) is 22.2 Å². The molecule has 2 aromatic rings. The van der Waals surface area contributed by atoms with Gasteiger partial charge in [-0.05, 0) is 23.9 Å². The van der Waals surface area contributed by atoms with Gasteiger partial charge < -0.3 is 5.11 Å². The molecule has 0 aromatic carbocycles. The van der Waals surface area contributed by atoms with Gasteiger partial charge in [-0.1, -0.05) is 0 Å². The minimum Gasteiger partial charge on any atom is -0.478 e. The summed E-state index contributed by atoms with van der Waals surface area (Å²) in [6, 6.07) is 1.89. The lowest BCUT2D eigenvalue weighted by atomic mass is 10.2. The predicted molar refractivity (Wildman–Crippen MR) is 76.9 cm³/mol. The fourth-order valence-electron chi connectivity index (χ4n) is 1.73. The van der Waals surface area contributed by atoms with E-state index in [4.69, 9.17) is 0 Å². The third-order valence-corrected chi connectivity index (χ3v) is 4.71. The lowest BCUT2D eigenvalue weighted by molar-refractivity contribution is 0.0697. The normalized spacial score (nSPS) is 11.7. The van der Waals surface area contributed by atoms with E-state index in [1.807, 2.05) is 18.4 Å². The van der Waals surface area contributed by atoms with Crippen molar-refractivity contribution in [3.8, 4) is 10.6 Å². The fraction of sp³-hybridized carbons (Fsp3) is 0.333. The lowest BCUT2D eigenvalue weighted by Gasteiger charge is -1.99. The maximum Gasteiger partial charge on any atom is 0.339 e. The van der Waals surface area contributed by atoms with E-state index in [0.29, 0.717) is 5.69 Å². The van der Waals surface area contributed by atoms with Gasteiger partial charge in [-0.15, -0.1) is 11.3 Å². The first-order valence-electron chi connectivity index (χ1n) is 5.81. The Morgan fingerprint density at radius 3 is 2.70 bits per heavy atom. The summed E-state index contributed by atoms with van der Waals surface area (Å²) < 4.78 is 23.7. The molecule has 2 rings (SSSR count). The third-order valence-electron chi connectivity index (χ3n) is 2.76. The minimum atomic E-state index is -3.11. The van der Waals surface area contributed by atoms with Gasteiger partial charge in [0.15, 0.2) is 0 Å². The topological polar surface area (TPSA) is 89.3 Å². The van der Waals surface area contributed by atoms with Crippen LogP contribution in [0, 0.1) is 6.92 Å². The van der Waals surface area contributed by atoms with Crippen molar-refractivity contribution in [3.63, 3.8) is 0 Å². The number of aryl methyl sites for hydroxylation is 2. The molecule has 2 aromatic heterocycles. The highest BCUT2D eigenvalue weighted by Gasteiger charge is 2.19. The first-order chi connectivity index (χ1) is 9.28. The van der Waals surface area contributed by atoms with E-state index in [1.54, 1.807) is 0 Å². The van der Waals surface area contributed by atoms with E-state index in [2.05, 4.69) is 5.10 Å². The van der Waals surface area contributed by atoms with Crippen molar-refractivity contribution in [1.29, 1.82) is 0 Å². The van der Waals surface area contributed by atoms with Gasteiger partial charge in [0.05, 0.1) is 17.2 Å². The summed E-state index contributed by atoms with van der Waals surface area (Å²) in [4.78, 5) is 12.1. The highest BCUT2D eigenvalue weighted by atomic mass is 32.2. The number of hydrogen-bond acceptors (Lipinski definition) is 5. The van der Waals surface area contributed by atoms with Crippen molar-refractivity contribution in [2.45, 2.75) is 13.5 Å². The van der Waals surface area contributed by atoms with E-state index in [0.717, 1.165) is 16.7 Å². The van der Waals surface area contributed by atoms with Gasteiger partial charge in [0.2, 0.25) is 0 Å². The Kier molecular flexibility index (Phi) is 3.96.